The fraction of sp³-hybridized carbons (Fsp3) is 0.520. The number of phenols is 1. The topological polar surface area (TPSA) is 447 Å². The predicted molar refractivity (Wildman–Crippen MR) is 290 cm³/mol. The van der Waals surface area contributed by atoms with Gasteiger partial charge in [-0.05, 0) is 68.2 Å². The van der Waals surface area contributed by atoms with Crippen molar-refractivity contribution < 1.29 is 62.6 Å². The van der Waals surface area contributed by atoms with Crippen molar-refractivity contribution in [3.8, 4) is 5.75 Å². The monoisotopic (exact) mass is 1140 g/mol. The van der Waals surface area contributed by atoms with Crippen LogP contribution in [-0.4, -0.2) is 167 Å². The Kier molecular flexibility index (Phi) is 24.0. The number of aliphatic imine (C=N–C) groups is 1. The van der Waals surface area contributed by atoms with Gasteiger partial charge in [-0.3, -0.25) is 57.7 Å². The molecule has 18 N–H and O–H groups in total. The molecular weight excluding hydrogens is 1070 g/mol. The molecule has 0 bridgehead atoms. The first-order valence-corrected chi connectivity index (χ1v) is 27.9. The Morgan fingerprint density at radius 3 is 2.00 bits per heavy atom. The third-order valence-corrected chi connectivity index (χ3v) is 16.4. The van der Waals surface area contributed by atoms with Crippen LogP contribution in [0.15, 0.2) is 59.6 Å². The van der Waals surface area contributed by atoms with Gasteiger partial charge >= 0.3 is 0 Å². The highest BCUT2D eigenvalue weighted by atomic mass is 33.1. The van der Waals surface area contributed by atoms with Gasteiger partial charge in [0.25, 0.3) is 0 Å². The van der Waals surface area contributed by atoms with E-state index in [1.165, 1.54) is 27.8 Å². The minimum absolute atomic E-state index is 0.00567. The maximum atomic E-state index is 14.9. The summed E-state index contributed by atoms with van der Waals surface area (Å²) in [4.78, 5) is 156. The number of hydrogen-bond donors (Lipinski definition) is 13. The van der Waals surface area contributed by atoms with Crippen molar-refractivity contribution in [3.63, 3.8) is 0 Å². The zero-order valence-electron chi connectivity index (χ0n) is 43.4. The molecule has 2 aromatic rings. The van der Waals surface area contributed by atoms with Gasteiger partial charge in [0.2, 0.25) is 65.0 Å². The SMILES string of the molecule is NC(=O)CCC1NC(=O)[C@H](Cc2ccccc2)NC(=O)C(Cc2ccc(O)cc2)NC(=O)CC2(CCOCC2)SSC[C@@H](C(=O)N2CCC[C@H]2C(=O)N[C@@H](CCCN=C(N)N)C(=O)NCC(N)=O)NC(=O)C(CC(N)=O)NC1=O. The number of guanidine groups is 1. The lowest BCUT2D eigenvalue weighted by Gasteiger charge is -2.36. The number of rotatable bonds is 19. The maximum absolute atomic E-state index is 14.9. The van der Waals surface area contributed by atoms with Gasteiger partial charge in [-0.1, -0.05) is 64.1 Å². The number of carbonyl (C=O) groups is 11. The van der Waals surface area contributed by atoms with E-state index in [0.29, 0.717) is 30.4 Å². The minimum atomic E-state index is -1.79. The third kappa shape index (κ3) is 20.3. The van der Waals surface area contributed by atoms with Crippen molar-refractivity contribution >= 4 is 92.5 Å². The molecule has 7 atom stereocenters. The first kappa shape index (κ1) is 62.2. The largest absolute Gasteiger partial charge is 0.508 e. The van der Waals surface area contributed by atoms with Crippen LogP contribution in [0.4, 0.5) is 0 Å². The van der Waals surface area contributed by atoms with Crippen molar-refractivity contribution in [2.24, 2.45) is 33.7 Å². The van der Waals surface area contributed by atoms with Gasteiger partial charge < -0.3 is 80.6 Å². The summed E-state index contributed by atoms with van der Waals surface area (Å²) in [6.07, 6.45) is -0.786. The predicted octanol–water partition coefficient (Wildman–Crippen LogP) is -3.79. The van der Waals surface area contributed by atoms with Gasteiger partial charge in [-0.2, -0.15) is 0 Å². The fourth-order valence-electron chi connectivity index (χ4n) is 9.00. The van der Waals surface area contributed by atoms with Crippen LogP contribution >= 0.6 is 21.6 Å². The lowest BCUT2D eigenvalue weighted by Crippen LogP contribution is -2.61. The molecule has 0 aromatic heterocycles. The average Bonchev–Trinajstić information content (AvgIpc) is 3.98. The molecule has 3 saturated heterocycles. The maximum Gasteiger partial charge on any atom is 0.246 e. The van der Waals surface area contributed by atoms with Crippen LogP contribution in [0.3, 0.4) is 0 Å². The van der Waals surface area contributed by atoms with Crippen LogP contribution in [0.1, 0.15) is 75.3 Å². The Morgan fingerprint density at radius 1 is 0.759 bits per heavy atom. The number of likely N-dealkylation sites (tertiary alicyclic amines) is 1. The van der Waals surface area contributed by atoms with E-state index >= 15 is 0 Å². The van der Waals surface area contributed by atoms with Crippen LogP contribution in [0.25, 0.3) is 0 Å². The number of nitrogens with two attached hydrogens (primary N) is 5. The highest BCUT2D eigenvalue weighted by molar-refractivity contribution is 8.77. The van der Waals surface area contributed by atoms with E-state index < -0.39 is 138 Å². The molecule has 3 unspecified atom stereocenters. The second kappa shape index (κ2) is 30.5. The number of ether oxygens (including phenoxy) is 1. The molecule has 0 aliphatic carbocycles. The number of aromatic hydroxyl groups is 1. The van der Waals surface area contributed by atoms with Crippen LogP contribution in [-0.2, 0) is 70.3 Å². The molecule has 0 saturated carbocycles. The van der Waals surface area contributed by atoms with Gasteiger partial charge in [-0.25, -0.2) is 0 Å². The summed E-state index contributed by atoms with van der Waals surface area (Å²) in [5.74, 6) is -9.92. The van der Waals surface area contributed by atoms with Crippen LogP contribution < -0.4 is 65.9 Å². The summed E-state index contributed by atoms with van der Waals surface area (Å²) in [7, 11) is 2.35. The molecule has 1 spiro atoms. The molecule has 3 aliphatic heterocycles. The lowest BCUT2D eigenvalue weighted by atomic mass is 9.94. The van der Waals surface area contributed by atoms with E-state index in [-0.39, 0.29) is 82.3 Å². The standard InChI is InChI=1S/C50H70N14O13S2/c51-38(66)15-14-32-43(71)62-35(24-39(52)67)46(74)63-36(48(76)64-19-5-9-37(64)47(75)60-31(8-4-18-56-49(54)55)42(70)57-26-40(53)68)27-78-79-50(16-20-77-21-17-50)25-41(69)58-33(23-29-10-12-30(65)13-11-29)44(72)61-34(45(73)59-32)22-28-6-2-1-3-7-28/h1-3,6-7,10-13,31-37,65H,4-5,8-9,14-27H2,(H2,51,66)(H2,52,67)(H2,53,68)(H,57,70)(H,58,69)(H,59,73)(H,60,75)(H,61,72)(H,62,71)(H,63,74)(H4,54,55,56)/t31-,32?,33?,34-,35?,36-,37-/m0/s1. The van der Waals surface area contributed by atoms with Gasteiger partial charge in [0.1, 0.15) is 48.0 Å². The zero-order valence-corrected chi connectivity index (χ0v) is 45.0. The first-order chi connectivity index (χ1) is 37.6. The zero-order chi connectivity index (χ0) is 57.6. The van der Waals surface area contributed by atoms with E-state index in [0.717, 1.165) is 10.8 Å². The molecule has 2 aromatic carbocycles. The Hall–Kier alpha value is -7.66. The van der Waals surface area contributed by atoms with Crippen molar-refractivity contribution in [2.75, 3.05) is 38.6 Å². The molecular formula is C50H70N14O13S2. The molecule has 5 rings (SSSR count). The molecule has 0 radical (unpaired) electrons. The van der Waals surface area contributed by atoms with Crippen molar-refractivity contribution in [2.45, 2.75) is 124 Å². The summed E-state index contributed by atoms with van der Waals surface area (Å²) in [5.41, 5.74) is 28.3. The number of hydrogen-bond acceptors (Lipinski definition) is 16. The third-order valence-electron chi connectivity index (χ3n) is 13.1. The lowest BCUT2D eigenvalue weighted by molar-refractivity contribution is -0.142. The van der Waals surface area contributed by atoms with E-state index in [4.69, 9.17) is 33.4 Å². The summed E-state index contributed by atoms with van der Waals surface area (Å²) in [6.45, 7) is 0.0526. The quantitative estimate of drug-likeness (QED) is 0.0278. The Bertz CT molecular complexity index is 2550. The van der Waals surface area contributed by atoms with Gasteiger partial charge in [0, 0.05) is 62.5 Å². The minimum Gasteiger partial charge on any atom is -0.508 e. The summed E-state index contributed by atoms with van der Waals surface area (Å²) in [6, 6.07) is 4.43. The van der Waals surface area contributed by atoms with E-state index in [2.05, 4.69) is 42.2 Å². The Labute approximate surface area is 463 Å². The number of phenolic OH excluding ortho intramolecular Hbond substituents is 1. The van der Waals surface area contributed by atoms with Crippen LogP contribution in [0.5, 0.6) is 5.75 Å². The molecule has 11 amide bonds. The number of primary amides is 3. The number of benzene rings is 2. The Morgan fingerprint density at radius 2 is 1.37 bits per heavy atom. The van der Waals surface area contributed by atoms with Crippen molar-refractivity contribution in [3.05, 3.63) is 65.7 Å². The smallest absolute Gasteiger partial charge is 0.246 e. The normalized spacial score (nSPS) is 22.8. The van der Waals surface area contributed by atoms with Crippen LogP contribution in [0.2, 0.25) is 0 Å². The van der Waals surface area contributed by atoms with Crippen molar-refractivity contribution in [1.82, 2.24) is 42.1 Å². The summed E-state index contributed by atoms with van der Waals surface area (Å²) in [5, 5.41) is 28.3. The highest BCUT2D eigenvalue weighted by Crippen LogP contribution is 2.46. The Balaban J connectivity index is 1.53. The van der Waals surface area contributed by atoms with E-state index in [1.54, 1.807) is 42.5 Å². The van der Waals surface area contributed by atoms with Gasteiger partial charge in [0.05, 0.1) is 13.0 Å². The molecule has 3 aliphatic rings. The molecule has 27 nitrogen and oxygen atoms in total. The van der Waals surface area contributed by atoms with Gasteiger partial charge in [-0.15, -0.1) is 0 Å². The van der Waals surface area contributed by atoms with Crippen LogP contribution in [0, 0.1) is 0 Å². The van der Waals surface area contributed by atoms with E-state index in [1.807, 2.05) is 0 Å². The van der Waals surface area contributed by atoms with Crippen molar-refractivity contribution in [1.29, 1.82) is 0 Å². The number of nitrogens with one attached hydrogen (secondary N) is 7. The van der Waals surface area contributed by atoms with E-state index in [9.17, 15) is 57.8 Å². The molecule has 3 fully saturated rings. The summed E-state index contributed by atoms with van der Waals surface area (Å²) < 4.78 is 4.81. The number of amides is 11. The summed E-state index contributed by atoms with van der Waals surface area (Å²) >= 11 is 0. The molecule has 79 heavy (non-hydrogen) atoms. The first-order valence-electron chi connectivity index (χ1n) is 25.6. The second-order valence-corrected chi connectivity index (χ2v) is 22.1. The number of carbonyl (C=O) groups excluding carboxylic acids is 11. The molecule has 29 heteroatoms. The second-order valence-electron chi connectivity index (χ2n) is 19.3. The van der Waals surface area contributed by atoms with Gasteiger partial charge in [0.15, 0.2) is 5.96 Å². The molecule has 430 valence electrons. The average molecular weight is 1140 g/mol. The molecule has 3 heterocycles. The highest BCUT2D eigenvalue weighted by Gasteiger charge is 2.42. The fourth-order valence-corrected chi connectivity index (χ4v) is 12.2. The number of nitrogens with zero attached hydrogens (tertiary/aromatic N) is 2.